The van der Waals surface area contributed by atoms with Gasteiger partial charge in [-0.2, -0.15) is 0 Å². The standard InChI is InChI=1S/C24H41N3O3S/c1-6-24(4,5)31(28,29)26-22-9-7-20(8-10-22)15-25-21-11-13-23(14-12-21)27-16-18(2)30-19(3)17-27/h11-14,18-20,22,25-26H,6-10,15-17H2,1-5H3/t18-,19+,20?,22?. The Kier molecular flexibility index (Phi) is 7.92. The van der Waals surface area contributed by atoms with E-state index in [2.05, 4.69) is 53.1 Å². The van der Waals surface area contributed by atoms with Gasteiger partial charge in [0.1, 0.15) is 0 Å². The summed E-state index contributed by atoms with van der Waals surface area (Å²) in [6.45, 7) is 12.6. The molecule has 0 aromatic heterocycles. The fourth-order valence-electron chi connectivity index (χ4n) is 4.49. The number of sulfonamides is 1. The van der Waals surface area contributed by atoms with Crippen LogP contribution in [0.2, 0.25) is 0 Å². The van der Waals surface area contributed by atoms with Gasteiger partial charge in [0.05, 0.1) is 17.0 Å². The lowest BCUT2D eigenvalue weighted by molar-refractivity contribution is -0.00521. The topological polar surface area (TPSA) is 70.7 Å². The van der Waals surface area contributed by atoms with E-state index in [4.69, 9.17) is 4.74 Å². The van der Waals surface area contributed by atoms with Gasteiger partial charge in [0.2, 0.25) is 10.0 Å². The van der Waals surface area contributed by atoms with Crippen molar-refractivity contribution in [2.75, 3.05) is 29.9 Å². The highest BCUT2D eigenvalue weighted by atomic mass is 32.2. The van der Waals surface area contributed by atoms with Crippen LogP contribution in [-0.4, -0.2) is 51.0 Å². The van der Waals surface area contributed by atoms with E-state index in [1.165, 1.54) is 5.69 Å². The van der Waals surface area contributed by atoms with Crippen LogP contribution < -0.4 is 14.9 Å². The molecule has 1 heterocycles. The Morgan fingerprint density at radius 1 is 1.03 bits per heavy atom. The summed E-state index contributed by atoms with van der Waals surface area (Å²) in [6.07, 6.45) is 5.06. The predicted octanol–water partition coefficient (Wildman–Crippen LogP) is 4.38. The molecule has 0 radical (unpaired) electrons. The molecular formula is C24H41N3O3S. The molecule has 1 aromatic carbocycles. The zero-order valence-electron chi connectivity index (χ0n) is 19.9. The first-order valence-corrected chi connectivity index (χ1v) is 13.3. The molecule has 1 aromatic rings. The molecule has 1 aliphatic heterocycles. The summed E-state index contributed by atoms with van der Waals surface area (Å²) < 4.78 is 33.3. The molecule has 7 heteroatoms. The fourth-order valence-corrected chi connectivity index (χ4v) is 5.87. The van der Waals surface area contributed by atoms with Crippen molar-refractivity contribution < 1.29 is 13.2 Å². The van der Waals surface area contributed by atoms with Crippen LogP contribution in [0.4, 0.5) is 11.4 Å². The Morgan fingerprint density at radius 2 is 1.61 bits per heavy atom. The average Bonchev–Trinajstić information content (AvgIpc) is 2.72. The summed E-state index contributed by atoms with van der Waals surface area (Å²) in [5.41, 5.74) is 2.39. The second-order valence-corrected chi connectivity index (χ2v) is 12.4. The van der Waals surface area contributed by atoms with Gasteiger partial charge in [-0.25, -0.2) is 13.1 Å². The smallest absolute Gasteiger partial charge is 0.217 e. The highest BCUT2D eigenvalue weighted by Crippen LogP contribution is 2.28. The van der Waals surface area contributed by atoms with Crippen molar-refractivity contribution in [1.82, 2.24) is 4.72 Å². The number of nitrogens with one attached hydrogen (secondary N) is 2. The molecule has 0 amide bonds. The number of ether oxygens (including phenoxy) is 1. The fraction of sp³-hybridized carbons (Fsp3) is 0.750. The Bertz CT molecular complexity index is 792. The Labute approximate surface area is 189 Å². The number of nitrogens with zero attached hydrogens (tertiary/aromatic N) is 1. The minimum absolute atomic E-state index is 0.0738. The highest BCUT2D eigenvalue weighted by molar-refractivity contribution is 7.90. The monoisotopic (exact) mass is 451 g/mol. The van der Waals surface area contributed by atoms with E-state index in [1.807, 2.05) is 6.92 Å². The molecule has 31 heavy (non-hydrogen) atoms. The summed E-state index contributed by atoms with van der Waals surface area (Å²) in [7, 11) is -3.28. The van der Waals surface area contributed by atoms with Crippen molar-refractivity contribution >= 4 is 21.4 Å². The van der Waals surface area contributed by atoms with E-state index >= 15 is 0 Å². The van der Waals surface area contributed by atoms with E-state index in [9.17, 15) is 8.42 Å². The molecule has 2 fully saturated rings. The van der Waals surface area contributed by atoms with Crippen LogP contribution in [0.15, 0.2) is 24.3 Å². The van der Waals surface area contributed by atoms with Crippen molar-refractivity contribution in [3.63, 3.8) is 0 Å². The maximum Gasteiger partial charge on any atom is 0.217 e. The first-order chi connectivity index (χ1) is 14.6. The second-order valence-electron chi connectivity index (χ2n) is 10.0. The van der Waals surface area contributed by atoms with Gasteiger partial charge in [-0.15, -0.1) is 0 Å². The predicted molar refractivity (Wildman–Crippen MR) is 129 cm³/mol. The molecule has 1 aliphatic carbocycles. The maximum atomic E-state index is 12.6. The molecule has 1 saturated carbocycles. The Morgan fingerprint density at radius 3 is 2.16 bits per heavy atom. The van der Waals surface area contributed by atoms with Gasteiger partial charge < -0.3 is 15.0 Å². The lowest BCUT2D eigenvalue weighted by Crippen LogP contribution is -2.47. The van der Waals surface area contributed by atoms with Gasteiger partial charge in [-0.1, -0.05) is 6.92 Å². The van der Waals surface area contributed by atoms with Gasteiger partial charge in [-0.3, -0.25) is 0 Å². The Hall–Kier alpha value is -1.31. The summed E-state index contributed by atoms with van der Waals surface area (Å²) >= 11 is 0. The number of hydrogen-bond donors (Lipinski definition) is 2. The molecule has 176 valence electrons. The van der Waals surface area contributed by atoms with E-state index < -0.39 is 14.8 Å². The zero-order valence-corrected chi connectivity index (χ0v) is 20.7. The van der Waals surface area contributed by atoms with Gasteiger partial charge in [0, 0.05) is 37.1 Å². The van der Waals surface area contributed by atoms with Crippen LogP contribution in [-0.2, 0) is 14.8 Å². The van der Waals surface area contributed by atoms with Gasteiger partial charge >= 0.3 is 0 Å². The van der Waals surface area contributed by atoms with E-state index in [-0.39, 0.29) is 18.2 Å². The van der Waals surface area contributed by atoms with Gasteiger partial charge in [0.25, 0.3) is 0 Å². The third-order valence-electron chi connectivity index (χ3n) is 6.99. The van der Waals surface area contributed by atoms with Crippen molar-refractivity contribution in [3.8, 4) is 0 Å². The largest absolute Gasteiger partial charge is 0.385 e. The maximum absolute atomic E-state index is 12.6. The molecule has 2 atom stereocenters. The third kappa shape index (κ3) is 6.36. The van der Waals surface area contributed by atoms with Crippen molar-refractivity contribution in [2.45, 2.75) is 89.7 Å². The minimum atomic E-state index is -3.28. The molecule has 2 N–H and O–H groups in total. The van der Waals surface area contributed by atoms with Crippen LogP contribution in [0.1, 0.15) is 66.7 Å². The summed E-state index contributed by atoms with van der Waals surface area (Å²) in [5.74, 6) is 0.584. The van der Waals surface area contributed by atoms with E-state index in [0.29, 0.717) is 12.3 Å². The lowest BCUT2D eigenvalue weighted by Gasteiger charge is -2.37. The number of anilines is 2. The van der Waals surface area contributed by atoms with Crippen LogP contribution in [0.5, 0.6) is 0 Å². The summed E-state index contributed by atoms with van der Waals surface area (Å²) in [4.78, 5) is 2.39. The highest BCUT2D eigenvalue weighted by Gasteiger charge is 2.35. The van der Waals surface area contributed by atoms with Crippen molar-refractivity contribution in [3.05, 3.63) is 24.3 Å². The molecule has 0 unspecified atom stereocenters. The first kappa shape index (κ1) is 24.3. The molecular weight excluding hydrogens is 410 g/mol. The number of morpholine rings is 1. The SMILES string of the molecule is CCC(C)(C)S(=O)(=O)NC1CCC(CNc2ccc(N3C[C@@H](C)O[C@@H](C)C3)cc2)CC1. The Balaban J connectivity index is 1.44. The number of rotatable bonds is 8. The first-order valence-electron chi connectivity index (χ1n) is 11.9. The van der Waals surface area contributed by atoms with E-state index in [0.717, 1.165) is 51.0 Å². The molecule has 6 nitrogen and oxygen atoms in total. The average molecular weight is 452 g/mol. The number of benzene rings is 1. The normalized spacial score (nSPS) is 27.8. The van der Waals surface area contributed by atoms with Crippen molar-refractivity contribution in [1.29, 1.82) is 0 Å². The van der Waals surface area contributed by atoms with Crippen LogP contribution in [0, 0.1) is 5.92 Å². The van der Waals surface area contributed by atoms with Crippen LogP contribution in [0.3, 0.4) is 0 Å². The summed E-state index contributed by atoms with van der Waals surface area (Å²) in [5, 5.41) is 3.58. The second kappa shape index (κ2) is 10.1. The molecule has 1 saturated heterocycles. The molecule has 0 spiro atoms. The van der Waals surface area contributed by atoms with Crippen LogP contribution in [0.25, 0.3) is 0 Å². The van der Waals surface area contributed by atoms with E-state index in [1.54, 1.807) is 13.8 Å². The third-order valence-corrected chi connectivity index (χ3v) is 9.38. The van der Waals surface area contributed by atoms with Crippen LogP contribution >= 0.6 is 0 Å². The minimum Gasteiger partial charge on any atom is -0.385 e. The van der Waals surface area contributed by atoms with Gasteiger partial charge in [0.15, 0.2) is 0 Å². The molecule has 0 bridgehead atoms. The quantitative estimate of drug-likeness (QED) is 0.614. The zero-order chi connectivity index (χ0) is 22.6. The molecule has 2 aliphatic rings. The lowest BCUT2D eigenvalue weighted by atomic mass is 9.86. The number of hydrogen-bond acceptors (Lipinski definition) is 5. The summed E-state index contributed by atoms with van der Waals surface area (Å²) in [6, 6.07) is 8.77. The molecule has 3 rings (SSSR count). The van der Waals surface area contributed by atoms with Crippen molar-refractivity contribution in [2.24, 2.45) is 5.92 Å². The van der Waals surface area contributed by atoms with Gasteiger partial charge in [-0.05, 0) is 90.0 Å².